The maximum absolute atomic E-state index is 14.2. The first-order chi connectivity index (χ1) is 13.8. The number of benzene rings is 1. The predicted molar refractivity (Wildman–Crippen MR) is 112 cm³/mol. The van der Waals surface area contributed by atoms with Gasteiger partial charge >= 0.3 is 0 Å². The highest BCUT2D eigenvalue weighted by Crippen LogP contribution is 2.22. The van der Waals surface area contributed by atoms with Gasteiger partial charge in [-0.15, -0.1) is 11.3 Å². The van der Waals surface area contributed by atoms with Crippen LogP contribution in [0.25, 0.3) is 11.3 Å². The fourth-order valence-corrected chi connectivity index (χ4v) is 3.03. The van der Waals surface area contributed by atoms with Gasteiger partial charge in [-0.25, -0.2) is 14.4 Å². The van der Waals surface area contributed by atoms with Gasteiger partial charge in [0.05, 0.1) is 11.4 Å². The SMILES string of the molecule is CC(C)[C@@](C)(O)NCc1nc(-c2cccc(C(=O)Nc3nccs3)c2)ccc1F. The van der Waals surface area contributed by atoms with Crippen molar-refractivity contribution in [3.8, 4) is 11.3 Å². The van der Waals surface area contributed by atoms with E-state index in [2.05, 4.69) is 20.6 Å². The normalized spacial score (nSPS) is 13.3. The summed E-state index contributed by atoms with van der Waals surface area (Å²) in [6.07, 6.45) is 1.62. The molecule has 0 bridgehead atoms. The summed E-state index contributed by atoms with van der Waals surface area (Å²) < 4.78 is 14.2. The Bertz CT molecular complexity index is 990. The summed E-state index contributed by atoms with van der Waals surface area (Å²) >= 11 is 1.33. The van der Waals surface area contributed by atoms with Crippen molar-refractivity contribution in [2.75, 3.05) is 5.32 Å². The van der Waals surface area contributed by atoms with Crippen LogP contribution < -0.4 is 10.6 Å². The van der Waals surface area contributed by atoms with E-state index in [-0.39, 0.29) is 24.1 Å². The fourth-order valence-electron chi connectivity index (χ4n) is 2.51. The Hall–Kier alpha value is -2.68. The molecule has 0 saturated carbocycles. The quantitative estimate of drug-likeness (QED) is 0.508. The molecule has 29 heavy (non-hydrogen) atoms. The molecule has 0 aliphatic carbocycles. The Morgan fingerprint density at radius 3 is 2.79 bits per heavy atom. The van der Waals surface area contributed by atoms with Crippen LogP contribution >= 0.6 is 11.3 Å². The molecule has 152 valence electrons. The van der Waals surface area contributed by atoms with Crippen molar-refractivity contribution in [2.45, 2.75) is 33.0 Å². The van der Waals surface area contributed by atoms with Crippen LogP contribution in [0.5, 0.6) is 0 Å². The van der Waals surface area contributed by atoms with E-state index < -0.39 is 11.5 Å². The number of nitrogens with one attached hydrogen (secondary N) is 2. The number of carbonyl (C=O) groups excluding carboxylic acids is 1. The monoisotopic (exact) mass is 414 g/mol. The van der Waals surface area contributed by atoms with E-state index in [1.165, 1.54) is 17.4 Å². The highest BCUT2D eigenvalue weighted by molar-refractivity contribution is 7.13. The lowest BCUT2D eigenvalue weighted by Gasteiger charge is -2.29. The molecule has 3 aromatic rings. The number of pyridine rings is 1. The molecule has 0 radical (unpaired) electrons. The number of nitrogens with zero attached hydrogens (tertiary/aromatic N) is 2. The Morgan fingerprint density at radius 1 is 1.31 bits per heavy atom. The summed E-state index contributed by atoms with van der Waals surface area (Å²) in [4.78, 5) is 20.9. The molecule has 6 nitrogen and oxygen atoms in total. The standard InChI is InChI=1S/C21H23FN4O2S/c1-13(2)21(3,28)24-12-18-16(22)7-8-17(25-18)14-5-4-6-15(11-14)19(27)26-20-23-9-10-29-20/h4-11,13,24,28H,12H2,1-3H3,(H,23,26,27)/t21-/m1/s1. The van der Waals surface area contributed by atoms with Crippen LogP contribution in [-0.4, -0.2) is 26.7 Å². The van der Waals surface area contributed by atoms with Crippen LogP contribution in [0.3, 0.4) is 0 Å². The summed E-state index contributed by atoms with van der Waals surface area (Å²) in [6, 6.07) is 9.85. The minimum Gasteiger partial charge on any atom is -0.376 e. The van der Waals surface area contributed by atoms with Crippen LogP contribution in [-0.2, 0) is 6.54 Å². The molecule has 0 aliphatic rings. The van der Waals surface area contributed by atoms with Crippen LogP contribution in [0.4, 0.5) is 9.52 Å². The maximum atomic E-state index is 14.2. The number of hydrogen-bond donors (Lipinski definition) is 3. The van der Waals surface area contributed by atoms with E-state index in [4.69, 9.17) is 0 Å². The molecule has 3 rings (SSSR count). The van der Waals surface area contributed by atoms with Gasteiger partial charge in [0, 0.05) is 29.2 Å². The Labute approximate surface area is 172 Å². The number of anilines is 1. The van der Waals surface area contributed by atoms with Gasteiger partial charge in [-0.05, 0) is 37.1 Å². The summed E-state index contributed by atoms with van der Waals surface area (Å²) in [5.41, 5.74) is 0.732. The Balaban J connectivity index is 1.81. The lowest BCUT2D eigenvalue weighted by molar-refractivity contribution is -0.0219. The first kappa shape index (κ1) is 21.0. The average Bonchev–Trinajstić information content (AvgIpc) is 3.20. The van der Waals surface area contributed by atoms with Crippen molar-refractivity contribution in [1.82, 2.24) is 15.3 Å². The molecule has 1 amide bonds. The summed E-state index contributed by atoms with van der Waals surface area (Å²) in [5.74, 6) is -0.793. The number of aromatic nitrogens is 2. The highest BCUT2D eigenvalue weighted by atomic mass is 32.1. The van der Waals surface area contributed by atoms with Crippen molar-refractivity contribution >= 4 is 22.4 Å². The lowest BCUT2D eigenvalue weighted by Crippen LogP contribution is -2.46. The van der Waals surface area contributed by atoms with Crippen molar-refractivity contribution in [2.24, 2.45) is 5.92 Å². The second-order valence-electron chi connectivity index (χ2n) is 7.15. The van der Waals surface area contributed by atoms with Gasteiger partial charge in [-0.1, -0.05) is 26.0 Å². The number of aliphatic hydroxyl groups is 1. The third-order valence-corrected chi connectivity index (χ3v) is 5.42. The van der Waals surface area contributed by atoms with E-state index in [1.54, 1.807) is 42.8 Å². The summed E-state index contributed by atoms with van der Waals surface area (Å²) in [7, 11) is 0. The number of halogens is 1. The zero-order chi connectivity index (χ0) is 21.0. The minimum atomic E-state index is -1.14. The van der Waals surface area contributed by atoms with Gasteiger partial charge in [-0.2, -0.15) is 0 Å². The van der Waals surface area contributed by atoms with E-state index >= 15 is 0 Å². The number of amides is 1. The molecular weight excluding hydrogens is 391 g/mol. The van der Waals surface area contributed by atoms with Crippen LogP contribution in [0.15, 0.2) is 48.0 Å². The Kier molecular flexibility index (Phi) is 6.36. The van der Waals surface area contributed by atoms with Gasteiger partial charge in [0.25, 0.3) is 5.91 Å². The van der Waals surface area contributed by atoms with Gasteiger partial charge in [0.2, 0.25) is 0 Å². The van der Waals surface area contributed by atoms with Gasteiger partial charge in [-0.3, -0.25) is 15.4 Å². The molecule has 1 atom stereocenters. The van der Waals surface area contributed by atoms with Crippen molar-refractivity contribution < 1.29 is 14.3 Å². The minimum absolute atomic E-state index is 0.0539. The summed E-state index contributed by atoms with van der Waals surface area (Å²) in [5, 5.41) is 18.3. The molecule has 0 spiro atoms. The van der Waals surface area contributed by atoms with Gasteiger partial charge in [0.15, 0.2) is 5.13 Å². The van der Waals surface area contributed by atoms with E-state index in [0.29, 0.717) is 22.0 Å². The zero-order valence-corrected chi connectivity index (χ0v) is 17.3. The fraction of sp³-hybridized carbons (Fsp3) is 0.286. The molecule has 3 N–H and O–H groups in total. The average molecular weight is 415 g/mol. The predicted octanol–water partition coefficient (Wildman–Crippen LogP) is 4.05. The Morgan fingerprint density at radius 2 is 2.10 bits per heavy atom. The molecular formula is C21H23FN4O2S. The van der Waals surface area contributed by atoms with Gasteiger partial charge in [0.1, 0.15) is 11.5 Å². The van der Waals surface area contributed by atoms with Crippen molar-refractivity contribution in [1.29, 1.82) is 0 Å². The molecule has 8 heteroatoms. The topological polar surface area (TPSA) is 87.1 Å². The first-order valence-corrected chi connectivity index (χ1v) is 10.1. The van der Waals surface area contributed by atoms with Gasteiger partial charge < -0.3 is 5.11 Å². The number of hydrogen-bond acceptors (Lipinski definition) is 6. The zero-order valence-electron chi connectivity index (χ0n) is 16.4. The van der Waals surface area contributed by atoms with Crippen LogP contribution in [0.2, 0.25) is 0 Å². The second-order valence-corrected chi connectivity index (χ2v) is 8.05. The van der Waals surface area contributed by atoms with E-state index in [0.717, 1.165) is 0 Å². The molecule has 0 fully saturated rings. The number of thiazole rings is 1. The molecule has 0 unspecified atom stereocenters. The third-order valence-electron chi connectivity index (χ3n) is 4.73. The van der Waals surface area contributed by atoms with E-state index in [9.17, 15) is 14.3 Å². The molecule has 0 aliphatic heterocycles. The van der Waals surface area contributed by atoms with Crippen LogP contribution in [0, 0.1) is 11.7 Å². The van der Waals surface area contributed by atoms with E-state index in [1.807, 2.05) is 19.9 Å². The largest absolute Gasteiger partial charge is 0.376 e. The second kappa shape index (κ2) is 8.77. The molecule has 2 heterocycles. The molecule has 1 aromatic carbocycles. The number of carbonyl (C=O) groups is 1. The lowest BCUT2D eigenvalue weighted by atomic mass is 10.0. The highest BCUT2D eigenvalue weighted by Gasteiger charge is 2.24. The molecule has 0 saturated heterocycles. The third kappa shape index (κ3) is 5.23. The van der Waals surface area contributed by atoms with Crippen molar-refractivity contribution in [3.05, 3.63) is 65.0 Å². The maximum Gasteiger partial charge on any atom is 0.257 e. The van der Waals surface area contributed by atoms with Crippen molar-refractivity contribution in [3.63, 3.8) is 0 Å². The number of rotatable bonds is 7. The smallest absolute Gasteiger partial charge is 0.257 e. The summed E-state index contributed by atoms with van der Waals surface area (Å²) in [6.45, 7) is 5.46. The van der Waals surface area contributed by atoms with Crippen LogP contribution in [0.1, 0.15) is 36.8 Å². The molecule has 2 aromatic heterocycles. The first-order valence-electron chi connectivity index (χ1n) is 9.20.